The molecular weight excluding hydrogens is 74.1 g/mol. The van der Waals surface area contributed by atoms with Gasteiger partial charge in [0.25, 0.3) is 0 Å². The average Bonchev–Trinajstić information content (AvgIpc) is 1.35. The largest absolute Gasteiger partial charge is 0.402 e. The molecule has 0 aliphatic carbocycles. The van der Waals surface area contributed by atoms with Gasteiger partial charge in [-0.25, -0.2) is 0 Å². The molecule has 0 aromatic heterocycles. The smallest absolute Gasteiger partial charge is 0.0119 e. The molecule has 1 radical (unpaired) electrons. The number of rotatable bonds is 2. The Morgan fingerprint density at radius 2 is 2.50 bits per heavy atom. The number of allylic oxidation sites excluding steroid dienone is 1. The Balaban J connectivity index is 3.05. The van der Waals surface area contributed by atoms with Crippen LogP contribution in [-0.2, 0) is 0 Å². The van der Waals surface area contributed by atoms with Gasteiger partial charge in [0.05, 0.1) is 0 Å². The van der Waals surface area contributed by atoms with E-state index >= 15 is 0 Å². The maximum atomic E-state index is 5.03. The number of nitrogens with two attached hydrogens (primary N) is 1. The molecule has 0 atom stereocenters. The summed E-state index contributed by atoms with van der Waals surface area (Å²) in [5.41, 5.74) is 5.45. The van der Waals surface area contributed by atoms with Crippen LogP contribution in [0.25, 0.3) is 0 Å². The van der Waals surface area contributed by atoms with E-state index in [-0.39, 0.29) is 0 Å². The average molecular weight is 82.1 g/mol. The van der Waals surface area contributed by atoms with Gasteiger partial charge in [0.15, 0.2) is 0 Å². The minimum atomic E-state index is 0.421. The van der Waals surface area contributed by atoms with Crippen LogP contribution < -0.4 is 5.73 Å². The highest BCUT2D eigenvalue weighted by molar-refractivity contribution is 4.90. The summed E-state index contributed by atoms with van der Waals surface area (Å²) >= 11 is 0. The Morgan fingerprint density at radius 1 is 2.00 bits per heavy atom. The summed E-state index contributed by atoms with van der Waals surface area (Å²) in [6.45, 7) is 8.45. The Morgan fingerprint density at radius 3 is 2.50 bits per heavy atom. The van der Waals surface area contributed by atoms with E-state index in [0.717, 1.165) is 0 Å². The lowest BCUT2D eigenvalue weighted by Crippen LogP contribution is -1.90. The van der Waals surface area contributed by atoms with Crippen LogP contribution in [0.4, 0.5) is 0 Å². The molecule has 0 heterocycles. The van der Waals surface area contributed by atoms with Crippen molar-refractivity contribution in [3.05, 3.63) is 24.9 Å². The fraction of sp³-hybridized carbons (Fsp3) is 0.200. The van der Waals surface area contributed by atoms with Crippen molar-refractivity contribution in [2.75, 3.05) is 0 Å². The Hall–Kier alpha value is -0.720. The first-order chi connectivity index (χ1) is 2.77. The molecule has 0 aliphatic heterocycles. The van der Waals surface area contributed by atoms with Crippen molar-refractivity contribution in [1.29, 1.82) is 0 Å². The van der Waals surface area contributed by atoms with Crippen LogP contribution >= 0.6 is 0 Å². The Kier molecular flexibility index (Phi) is 2.21. The zero-order valence-corrected chi connectivity index (χ0v) is 3.65. The molecule has 0 rings (SSSR count). The van der Waals surface area contributed by atoms with E-state index in [1.165, 1.54) is 0 Å². The highest BCUT2D eigenvalue weighted by Gasteiger charge is 1.72. The Labute approximate surface area is 38.2 Å². The quantitative estimate of drug-likeness (QED) is 0.491. The second-order valence-corrected chi connectivity index (χ2v) is 1.07. The molecular formula is C5H8N. The third-order valence-electron chi connectivity index (χ3n) is 0.380. The minimum absolute atomic E-state index is 0.421. The molecule has 0 saturated heterocycles. The SMILES string of the molecule is [CH]=C(N)CC=C. The summed E-state index contributed by atoms with van der Waals surface area (Å²) in [7, 11) is 0. The first kappa shape index (κ1) is 5.28. The fourth-order valence-corrected chi connectivity index (χ4v) is 0.167. The highest BCUT2D eigenvalue weighted by atomic mass is 14.5. The fourth-order valence-electron chi connectivity index (χ4n) is 0.167. The summed E-state index contributed by atoms with van der Waals surface area (Å²) < 4.78 is 0. The molecule has 0 amide bonds. The van der Waals surface area contributed by atoms with Gasteiger partial charge in [0, 0.05) is 12.1 Å². The van der Waals surface area contributed by atoms with E-state index in [2.05, 4.69) is 6.58 Å². The molecule has 0 unspecified atom stereocenters. The standard InChI is InChI=1S/C5H8N/c1-3-4-5(2)6/h2-3H,1,4,6H2. The molecule has 0 aromatic carbocycles. The molecule has 0 fully saturated rings. The zero-order chi connectivity index (χ0) is 4.99. The third-order valence-corrected chi connectivity index (χ3v) is 0.380. The van der Waals surface area contributed by atoms with Crippen LogP contribution in [0.1, 0.15) is 6.42 Å². The van der Waals surface area contributed by atoms with Crippen LogP contribution in [0.3, 0.4) is 0 Å². The van der Waals surface area contributed by atoms with Crippen molar-refractivity contribution in [1.82, 2.24) is 0 Å². The lowest BCUT2D eigenvalue weighted by molar-refractivity contribution is 1.18. The molecule has 33 valence electrons. The minimum Gasteiger partial charge on any atom is -0.402 e. The maximum Gasteiger partial charge on any atom is 0.0119 e. The predicted octanol–water partition coefficient (Wildman–Crippen LogP) is 0.838. The molecule has 6 heavy (non-hydrogen) atoms. The van der Waals surface area contributed by atoms with E-state index in [1.807, 2.05) is 0 Å². The summed E-state index contributed by atoms with van der Waals surface area (Å²) in [5, 5.41) is 0. The third kappa shape index (κ3) is 3.28. The van der Waals surface area contributed by atoms with Crippen LogP contribution in [0.2, 0.25) is 0 Å². The molecule has 2 N–H and O–H groups in total. The highest BCUT2D eigenvalue weighted by Crippen LogP contribution is 1.83. The van der Waals surface area contributed by atoms with Crippen molar-refractivity contribution in [2.24, 2.45) is 5.73 Å². The predicted molar refractivity (Wildman–Crippen MR) is 26.8 cm³/mol. The van der Waals surface area contributed by atoms with E-state index in [9.17, 15) is 0 Å². The first-order valence-electron chi connectivity index (χ1n) is 1.75. The van der Waals surface area contributed by atoms with Gasteiger partial charge in [-0.15, -0.1) is 6.58 Å². The van der Waals surface area contributed by atoms with Crippen molar-refractivity contribution < 1.29 is 0 Å². The van der Waals surface area contributed by atoms with E-state index in [4.69, 9.17) is 12.3 Å². The summed E-state index contributed by atoms with van der Waals surface area (Å²) in [6, 6.07) is 0. The van der Waals surface area contributed by atoms with E-state index in [1.54, 1.807) is 6.08 Å². The van der Waals surface area contributed by atoms with Crippen LogP contribution in [0, 0.1) is 6.58 Å². The summed E-state index contributed by atoms with van der Waals surface area (Å²) in [6.07, 6.45) is 2.27. The van der Waals surface area contributed by atoms with Gasteiger partial charge in [-0.1, -0.05) is 6.08 Å². The summed E-state index contributed by atoms with van der Waals surface area (Å²) in [4.78, 5) is 0. The van der Waals surface area contributed by atoms with E-state index in [0.29, 0.717) is 12.1 Å². The van der Waals surface area contributed by atoms with Crippen LogP contribution in [0.15, 0.2) is 18.4 Å². The topological polar surface area (TPSA) is 26.0 Å². The molecule has 0 aromatic rings. The Bertz CT molecular complexity index is 64.3. The molecule has 0 spiro atoms. The van der Waals surface area contributed by atoms with Crippen molar-refractivity contribution in [2.45, 2.75) is 6.42 Å². The van der Waals surface area contributed by atoms with Gasteiger partial charge >= 0.3 is 0 Å². The second-order valence-electron chi connectivity index (χ2n) is 1.07. The van der Waals surface area contributed by atoms with Crippen molar-refractivity contribution >= 4 is 0 Å². The normalized spacial score (nSPS) is 7.33. The lowest BCUT2D eigenvalue weighted by atomic mass is 10.4. The van der Waals surface area contributed by atoms with Gasteiger partial charge in [0.2, 0.25) is 0 Å². The first-order valence-corrected chi connectivity index (χ1v) is 1.75. The second kappa shape index (κ2) is 2.51. The molecule has 1 heteroatoms. The molecule has 0 bridgehead atoms. The lowest BCUT2D eigenvalue weighted by Gasteiger charge is -1.83. The summed E-state index contributed by atoms with van der Waals surface area (Å²) in [5.74, 6) is 0. The van der Waals surface area contributed by atoms with Crippen LogP contribution in [0.5, 0.6) is 0 Å². The molecule has 1 nitrogen and oxygen atoms in total. The molecule has 0 saturated carbocycles. The maximum absolute atomic E-state index is 5.03. The van der Waals surface area contributed by atoms with Gasteiger partial charge in [-0.05, 0) is 6.58 Å². The van der Waals surface area contributed by atoms with Crippen LogP contribution in [-0.4, -0.2) is 0 Å². The van der Waals surface area contributed by atoms with Gasteiger partial charge in [-0.2, -0.15) is 0 Å². The van der Waals surface area contributed by atoms with Crippen molar-refractivity contribution in [3.63, 3.8) is 0 Å². The van der Waals surface area contributed by atoms with Gasteiger partial charge in [0.1, 0.15) is 0 Å². The monoisotopic (exact) mass is 82.1 g/mol. The number of hydrogen-bond acceptors (Lipinski definition) is 1. The van der Waals surface area contributed by atoms with Gasteiger partial charge < -0.3 is 5.73 Å². The van der Waals surface area contributed by atoms with Gasteiger partial charge in [-0.3, -0.25) is 0 Å². The van der Waals surface area contributed by atoms with Crippen molar-refractivity contribution in [3.8, 4) is 0 Å². The van der Waals surface area contributed by atoms with E-state index < -0.39 is 0 Å². The number of hydrogen-bond donors (Lipinski definition) is 1. The molecule has 0 aliphatic rings. The zero-order valence-electron chi connectivity index (χ0n) is 3.65.